The minimum Gasteiger partial charge on any atom is -0.398 e. The van der Waals surface area contributed by atoms with Crippen LogP contribution in [0.25, 0.3) is 0 Å². The van der Waals surface area contributed by atoms with Crippen molar-refractivity contribution in [3.05, 3.63) is 40.4 Å². The Morgan fingerprint density at radius 2 is 2.15 bits per heavy atom. The molecule has 0 bridgehead atoms. The smallest absolute Gasteiger partial charge is 0.190 e. The molecule has 0 fully saturated rings. The molecular weight excluding hydrogens is 230 g/mol. The predicted octanol–water partition coefficient (Wildman–Crippen LogP) is 2.79. The third-order valence-electron chi connectivity index (χ3n) is 1.65. The number of hydrogen-bond acceptors (Lipinski definition) is 2. The first-order chi connectivity index (χ1) is 6.02. The van der Waals surface area contributed by atoms with Crippen LogP contribution in [0.4, 0.5) is 5.69 Å². The molecule has 0 unspecified atom stereocenters. The molecule has 1 aromatic carbocycles. The number of rotatable bonds is 2. The van der Waals surface area contributed by atoms with Crippen molar-refractivity contribution >= 4 is 27.4 Å². The van der Waals surface area contributed by atoms with Crippen LogP contribution in [-0.4, -0.2) is 5.78 Å². The van der Waals surface area contributed by atoms with Gasteiger partial charge in [0.1, 0.15) is 0 Å². The molecule has 0 aliphatic carbocycles. The van der Waals surface area contributed by atoms with E-state index in [-0.39, 0.29) is 5.78 Å². The summed E-state index contributed by atoms with van der Waals surface area (Å²) >= 11 is 3.27. The first-order valence-electron chi connectivity index (χ1n) is 3.77. The third kappa shape index (κ3) is 2.18. The summed E-state index contributed by atoms with van der Waals surface area (Å²) < 4.78 is 0.864. The van der Waals surface area contributed by atoms with Crippen molar-refractivity contribution in [3.8, 4) is 0 Å². The van der Waals surface area contributed by atoms with Gasteiger partial charge in [-0.3, -0.25) is 4.79 Å². The fourth-order valence-corrected chi connectivity index (χ4v) is 1.35. The predicted molar refractivity (Wildman–Crippen MR) is 57.7 cm³/mol. The largest absolute Gasteiger partial charge is 0.398 e. The summed E-state index contributed by atoms with van der Waals surface area (Å²) in [5.41, 5.74) is 7.15. The standard InChI is InChI=1S/C10H10BrNO/c1-6(2)10(13)8-4-3-7(11)5-9(8)12/h3-5H,1,12H2,2H3. The van der Waals surface area contributed by atoms with E-state index in [1.54, 1.807) is 25.1 Å². The number of nitrogen functional groups attached to an aromatic ring is 1. The van der Waals surface area contributed by atoms with Gasteiger partial charge in [-0.15, -0.1) is 0 Å². The van der Waals surface area contributed by atoms with Gasteiger partial charge >= 0.3 is 0 Å². The maximum absolute atomic E-state index is 11.5. The summed E-state index contributed by atoms with van der Waals surface area (Å²) in [6, 6.07) is 5.18. The lowest BCUT2D eigenvalue weighted by Gasteiger charge is -2.04. The quantitative estimate of drug-likeness (QED) is 0.490. The molecule has 1 aromatic rings. The summed E-state index contributed by atoms with van der Waals surface area (Å²) in [5.74, 6) is -0.106. The van der Waals surface area contributed by atoms with Crippen molar-refractivity contribution in [2.24, 2.45) is 0 Å². The fourth-order valence-electron chi connectivity index (χ4n) is 0.970. The molecule has 0 spiro atoms. The van der Waals surface area contributed by atoms with E-state index in [0.717, 1.165) is 4.47 Å². The van der Waals surface area contributed by atoms with Crippen LogP contribution < -0.4 is 5.73 Å². The van der Waals surface area contributed by atoms with Crippen molar-refractivity contribution in [3.63, 3.8) is 0 Å². The zero-order chi connectivity index (χ0) is 10.0. The van der Waals surface area contributed by atoms with Crippen LogP contribution in [-0.2, 0) is 0 Å². The minimum atomic E-state index is -0.106. The van der Waals surface area contributed by atoms with Crippen LogP contribution in [0.3, 0.4) is 0 Å². The van der Waals surface area contributed by atoms with E-state index in [1.807, 2.05) is 0 Å². The van der Waals surface area contributed by atoms with Crippen LogP contribution in [0.5, 0.6) is 0 Å². The minimum absolute atomic E-state index is 0.106. The SMILES string of the molecule is C=C(C)C(=O)c1ccc(Br)cc1N. The van der Waals surface area contributed by atoms with E-state index in [4.69, 9.17) is 5.73 Å². The number of carbonyl (C=O) groups excluding carboxylic acids is 1. The van der Waals surface area contributed by atoms with E-state index >= 15 is 0 Å². The van der Waals surface area contributed by atoms with Gasteiger partial charge in [0.05, 0.1) is 0 Å². The Morgan fingerprint density at radius 3 is 2.62 bits per heavy atom. The molecule has 2 N–H and O–H groups in total. The van der Waals surface area contributed by atoms with Gasteiger partial charge in [-0.1, -0.05) is 22.5 Å². The first-order valence-corrected chi connectivity index (χ1v) is 4.57. The third-order valence-corrected chi connectivity index (χ3v) is 2.14. The number of Topliss-reactive ketones (excluding diaryl/α,β-unsaturated/α-hetero) is 1. The van der Waals surface area contributed by atoms with Gasteiger partial charge in [0, 0.05) is 15.7 Å². The number of allylic oxidation sites excluding steroid dienone is 1. The number of anilines is 1. The second-order valence-electron chi connectivity index (χ2n) is 2.84. The molecule has 68 valence electrons. The molecule has 0 aromatic heterocycles. The maximum Gasteiger partial charge on any atom is 0.190 e. The molecule has 1 rings (SSSR count). The summed E-state index contributed by atoms with van der Waals surface area (Å²) in [6.07, 6.45) is 0. The van der Waals surface area contributed by atoms with Gasteiger partial charge in [0.25, 0.3) is 0 Å². The average Bonchev–Trinajstić information content (AvgIpc) is 2.03. The van der Waals surface area contributed by atoms with Crippen LogP contribution >= 0.6 is 15.9 Å². The van der Waals surface area contributed by atoms with Gasteiger partial charge in [0.15, 0.2) is 5.78 Å². The van der Waals surface area contributed by atoms with Gasteiger partial charge in [-0.25, -0.2) is 0 Å². The van der Waals surface area contributed by atoms with Crippen LogP contribution in [0.15, 0.2) is 34.8 Å². The molecule has 0 amide bonds. The molecule has 0 atom stereocenters. The molecule has 0 heterocycles. The number of halogens is 1. The van der Waals surface area contributed by atoms with Crippen LogP contribution in [0.1, 0.15) is 17.3 Å². The summed E-state index contributed by atoms with van der Waals surface area (Å²) in [5, 5.41) is 0. The number of hydrogen-bond donors (Lipinski definition) is 1. The Hall–Kier alpha value is -1.09. The highest BCUT2D eigenvalue weighted by atomic mass is 79.9. The Kier molecular flexibility index (Phi) is 2.88. The monoisotopic (exact) mass is 239 g/mol. The second kappa shape index (κ2) is 3.75. The van der Waals surface area contributed by atoms with E-state index in [9.17, 15) is 4.79 Å². The molecule has 13 heavy (non-hydrogen) atoms. The van der Waals surface area contributed by atoms with E-state index in [0.29, 0.717) is 16.8 Å². The van der Waals surface area contributed by atoms with E-state index in [1.165, 1.54) is 0 Å². The summed E-state index contributed by atoms with van der Waals surface area (Å²) in [6.45, 7) is 5.25. The topological polar surface area (TPSA) is 43.1 Å². The molecule has 3 heteroatoms. The van der Waals surface area contributed by atoms with Crippen LogP contribution in [0, 0.1) is 0 Å². The highest BCUT2D eigenvalue weighted by molar-refractivity contribution is 9.10. The lowest BCUT2D eigenvalue weighted by Crippen LogP contribution is -2.03. The molecule has 0 saturated carbocycles. The molecule has 2 nitrogen and oxygen atoms in total. The Labute approximate surface area is 85.6 Å². The van der Waals surface area contributed by atoms with Crippen molar-refractivity contribution in [2.45, 2.75) is 6.92 Å². The number of benzene rings is 1. The second-order valence-corrected chi connectivity index (χ2v) is 3.76. The molecule has 0 saturated heterocycles. The number of nitrogens with two attached hydrogens (primary N) is 1. The van der Waals surface area contributed by atoms with Crippen molar-refractivity contribution in [2.75, 3.05) is 5.73 Å². The lowest BCUT2D eigenvalue weighted by molar-refractivity contribution is 0.103. The maximum atomic E-state index is 11.5. The highest BCUT2D eigenvalue weighted by Gasteiger charge is 2.09. The summed E-state index contributed by atoms with van der Waals surface area (Å²) in [4.78, 5) is 11.5. The molecule has 0 radical (unpaired) electrons. The van der Waals surface area contributed by atoms with Gasteiger partial charge in [-0.2, -0.15) is 0 Å². The fraction of sp³-hybridized carbons (Fsp3) is 0.100. The number of ketones is 1. The van der Waals surface area contributed by atoms with Gasteiger partial charge in [0.2, 0.25) is 0 Å². The van der Waals surface area contributed by atoms with E-state index in [2.05, 4.69) is 22.5 Å². The van der Waals surface area contributed by atoms with Gasteiger partial charge < -0.3 is 5.73 Å². The first kappa shape index (κ1) is 9.99. The molecular formula is C10H10BrNO. The van der Waals surface area contributed by atoms with Crippen LogP contribution in [0.2, 0.25) is 0 Å². The van der Waals surface area contributed by atoms with E-state index < -0.39 is 0 Å². The lowest BCUT2D eigenvalue weighted by atomic mass is 10.0. The number of carbonyl (C=O) groups is 1. The molecule has 0 aliphatic rings. The summed E-state index contributed by atoms with van der Waals surface area (Å²) in [7, 11) is 0. The Morgan fingerprint density at radius 1 is 1.54 bits per heavy atom. The zero-order valence-electron chi connectivity index (χ0n) is 7.30. The Balaban J connectivity index is 3.16. The van der Waals surface area contributed by atoms with Crippen molar-refractivity contribution < 1.29 is 4.79 Å². The van der Waals surface area contributed by atoms with Crippen molar-refractivity contribution in [1.82, 2.24) is 0 Å². The zero-order valence-corrected chi connectivity index (χ0v) is 8.89. The van der Waals surface area contributed by atoms with Gasteiger partial charge in [-0.05, 0) is 30.7 Å². The normalized spacial score (nSPS) is 9.69. The highest BCUT2D eigenvalue weighted by Crippen LogP contribution is 2.20. The van der Waals surface area contributed by atoms with Crippen molar-refractivity contribution in [1.29, 1.82) is 0 Å². The Bertz CT molecular complexity index is 371. The molecule has 0 aliphatic heterocycles. The average molecular weight is 240 g/mol.